The summed E-state index contributed by atoms with van der Waals surface area (Å²) in [6.45, 7) is 1.39. The molecule has 0 unspecified atom stereocenters. The number of nitrogens with two attached hydrogens (primary N) is 1. The molecule has 40 heavy (non-hydrogen) atoms. The van der Waals surface area contributed by atoms with Crippen molar-refractivity contribution < 1.29 is 24.8 Å². The minimum Gasteiger partial charge on any atom is -0.477 e. The predicted molar refractivity (Wildman–Crippen MR) is 156 cm³/mol. The Balaban J connectivity index is 1.30. The molecule has 0 radical (unpaired) electrons. The summed E-state index contributed by atoms with van der Waals surface area (Å²) >= 11 is 14.1. The number of imidazole rings is 1. The van der Waals surface area contributed by atoms with Crippen LogP contribution in [0.25, 0.3) is 6.08 Å². The van der Waals surface area contributed by atoms with E-state index in [0.717, 1.165) is 16.2 Å². The number of piperidine rings is 1. The van der Waals surface area contributed by atoms with E-state index in [9.17, 15) is 19.5 Å². The first kappa shape index (κ1) is 29.9. The molecule has 0 spiro atoms. The number of carboxylic acid groups (broad SMARTS) is 1. The molecule has 2 heterocycles. The van der Waals surface area contributed by atoms with Crippen molar-refractivity contribution in [3.63, 3.8) is 0 Å². The Morgan fingerprint density at radius 3 is 2.52 bits per heavy atom. The molecule has 1 fully saturated rings. The van der Waals surface area contributed by atoms with Gasteiger partial charge in [0.2, 0.25) is 5.91 Å². The van der Waals surface area contributed by atoms with E-state index in [0.29, 0.717) is 48.1 Å². The molecule has 3 aromatic rings. The van der Waals surface area contributed by atoms with Crippen LogP contribution >= 0.6 is 35.0 Å². The van der Waals surface area contributed by atoms with E-state index < -0.39 is 12.0 Å². The van der Waals surface area contributed by atoms with Crippen LogP contribution in [0.4, 0.5) is 0 Å². The molecule has 4 rings (SSSR count). The number of aliphatic carboxylic acids is 1. The summed E-state index contributed by atoms with van der Waals surface area (Å²) in [5, 5.41) is 12.0. The van der Waals surface area contributed by atoms with E-state index in [2.05, 4.69) is 4.98 Å². The third-order valence-electron chi connectivity index (χ3n) is 7.02. The lowest BCUT2D eigenvalue weighted by Gasteiger charge is -2.29. The van der Waals surface area contributed by atoms with E-state index in [4.69, 9.17) is 23.2 Å². The van der Waals surface area contributed by atoms with E-state index in [-0.39, 0.29) is 24.2 Å². The molecule has 0 saturated carbocycles. The topological polar surface area (TPSA) is 109 Å². The molecule has 0 aliphatic carbocycles. The lowest BCUT2D eigenvalue weighted by Crippen LogP contribution is -2.96. The third kappa shape index (κ3) is 7.54. The van der Waals surface area contributed by atoms with Gasteiger partial charge in [-0.25, -0.2) is 14.6 Å². The summed E-state index contributed by atoms with van der Waals surface area (Å²) in [7, 11) is 0. The van der Waals surface area contributed by atoms with Crippen LogP contribution in [-0.4, -0.2) is 62.7 Å². The Labute approximate surface area is 247 Å². The van der Waals surface area contributed by atoms with Gasteiger partial charge in [0.05, 0.1) is 28.7 Å². The minimum atomic E-state index is -1.05. The number of rotatable bonds is 10. The number of hydrogen-bond acceptors (Lipinski definition) is 5. The highest BCUT2D eigenvalue weighted by molar-refractivity contribution is 7.98. The molecule has 0 bridgehead atoms. The van der Waals surface area contributed by atoms with E-state index in [1.807, 2.05) is 53.3 Å². The van der Waals surface area contributed by atoms with Crippen molar-refractivity contribution >= 4 is 58.8 Å². The molecule has 1 aliphatic rings. The van der Waals surface area contributed by atoms with Gasteiger partial charge in [0.25, 0.3) is 0 Å². The van der Waals surface area contributed by atoms with E-state index >= 15 is 0 Å². The number of thioether (sulfide) groups is 1. The van der Waals surface area contributed by atoms with E-state index in [1.165, 1.54) is 23.2 Å². The average Bonchev–Trinajstić information content (AvgIpc) is 3.40. The summed E-state index contributed by atoms with van der Waals surface area (Å²) in [6, 6.07) is 12.5. The molecule has 1 saturated heterocycles. The molecule has 1 aliphatic heterocycles. The van der Waals surface area contributed by atoms with Crippen LogP contribution < -0.4 is 5.32 Å². The third-order valence-corrected chi connectivity index (χ3v) is 8.81. The lowest BCUT2D eigenvalue weighted by atomic mass is 9.95. The number of carbonyl (C=O) groups is 3. The van der Waals surface area contributed by atoms with Crippen molar-refractivity contribution in [2.45, 2.75) is 36.7 Å². The molecule has 2 amide bonds. The predicted octanol–water partition coefficient (Wildman–Crippen LogP) is 4.00. The molecule has 1 aromatic heterocycles. The van der Waals surface area contributed by atoms with Crippen LogP contribution in [0.1, 0.15) is 29.7 Å². The second-order valence-corrected chi connectivity index (χ2v) is 11.2. The molecule has 1 atom stereocenters. The van der Waals surface area contributed by atoms with Crippen molar-refractivity contribution in [3.05, 3.63) is 87.9 Å². The van der Waals surface area contributed by atoms with Gasteiger partial charge in [0.15, 0.2) is 6.04 Å². The number of aromatic nitrogens is 2. The van der Waals surface area contributed by atoms with Crippen molar-refractivity contribution in [3.8, 4) is 0 Å². The maximum Gasteiger partial charge on any atom is 0.363 e. The van der Waals surface area contributed by atoms with Crippen molar-refractivity contribution in [1.29, 1.82) is 0 Å². The Bertz CT molecular complexity index is 1390. The maximum absolute atomic E-state index is 13.0. The van der Waals surface area contributed by atoms with E-state index in [1.54, 1.807) is 23.5 Å². The van der Waals surface area contributed by atoms with Crippen LogP contribution in [0.3, 0.4) is 0 Å². The SMILES string of the molecule is CSc1ccc(/C=C/C(=O)N2CCC(C(=O)[NH2+][C@@H](Cc3cncn3Cc3ccccc3)C(=O)O)CC2)c(Cl)c1Cl. The smallest absolute Gasteiger partial charge is 0.363 e. The van der Waals surface area contributed by atoms with Crippen LogP contribution in [0.5, 0.6) is 0 Å². The van der Waals surface area contributed by atoms with Crippen LogP contribution in [-0.2, 0) is 27.3 Å². The lowest BCUT2D eigenvalue weighted by molar-refractivity contribution is -0.597. The molecule has 210 valence electrons. The van der Waals surface area contributed by atoms with Crippen LogP contribution in [0.2, 0.25) is 10.0 Å². The molecule has 11 heteroatoms. The quantitative estimate of drug-likeness (QED) is 0.268. The number of likely N-dealkylation sites (tertiary alicyclic amines) is 1. The number of primary amides is 1. The van der Waals surface area contributed by atoms with Gasteiger partial charge in [0, 0.05) is 42.5 Å². The summed E-state index contributed by atoms with van der Waals surface area (Å²) in [5.41, 5.74) is 2.48. The van der Waals surface area contributed by atoms with Crippen LogP contribution in [0.15, 0.2) is 66.0 Å². The van der Waals surface area contributed by atoms with Gasteiger partial charge < -0.3 is 14.6 Å². The summed E-state index contributed by atoms with van der Waals surface area (Å²) in [4.78, 5) is 44.6. The second kappa shape index (κ2) is 14.0. The number of carboxylic acids is 1. The number of hydrogen-bond donors (Lipinski definition) is 2. The summed E-state index contributed by atoms with van der Waals surface area (Å²) in [5.74, 6) is -1.75. The molecule has 3 N–H and O–H groups in total. The van der Waals surface area contributed by atoms with Crippen LogP contribution in [0, 0.1) is 5.92 Å². The summed E-state index contributed by atoms with van der Waals surface area (Å²) < 4.78 is 1.90. The normalized spacial score (nSPS) is 14.9. The highest BCUT2D eigenvalue weighted by Crippen LogP contribution is 2.35. The zero-order valence-corrected chi connectivity index (χ0v) is 24.3. The number of quaternary nitrogens is 1. The Morgan fingerprint density at radius 2 is 1.85 bits per heavy atom. The first-order valence-corrected chi connectivity index (χ1v) is 14.9. The largest absolute Gasteiger partial charge is 0.477 e. The molecule has 8 nitrogen and oxygen atoms in total. The fourth-order valence-corrected chi connectivity index (χ4v) is 5.87. The van der Waals surface area contributed by atoms with Gasteiger partial charge in [-0.2, -0.15) is 0 Å². The standard InChI is InChI=1S/C29H30Cl2N4O4S/c1-40-24-9-7-20(26(30)27(24)31)8-10-25(36)34-13-11-21(12-14-34)28(37)33-23(29(38)39)15-22-16-32-18-35(22)17-19-5-3-2-4-6-19/h2-10,16,18,21,23H,11-15,17H2,1H3,(H,33,37)(H,38,39)/p+1/b10-8+/t23-/m0/s1. The molecule has 2 aromatic carbocycles. The van der Waals surface area contributed by atoms with Crippen molar-refractivity contribution in [2.24, 2.45) is 5.92 Å². The second-order valence-electron chi connectivity index (χ2n) is 9.63. The Kier molecular flexibility index (Phi) is 10.4. The van der Waals surface area contributed by atoms with Gasteiger partial charge in [0.1, 0.15) is 0 Å². The Morgan fingerprint density at radius 1 is 1.12 bits per heavy atom. The molecular formula is C29H31Cl2N4O4S+. The monoisotopic (exact) mass is 601 g/mol. The first-order chi connectivity index (χ1) is 19.3. The fraction of sp³-hybridized carbons (Fsp3) is 0.310. The number of nitrogens with zero attached hydrogens (tertiary/aromatic N) is 3. The van der Waals surface area contributed by atoms with Gasteiger partial charge in [-0.15, -0.1) is 11.8 Å². The Hall–Kier alpha value is -3.11. The molecular weight excluding hydrogens is 571 g/mol. The number of halogens is 2. The average molecular weight is 603 g/mol. The van der Waals surface area contributed by atoms with Crippen molar-refractivity contribution in [1.82, 2.24) is 14.5 Å². The zero-order valence-electron chi connectivity index (χ0n) is 22.0. The first-order valence-electron chi connectivity index (χ1n) is 12.9. The van der Waals surface area contributed by atoms with Gasteiger partial charge in [-0.05, 0) is 42.4 Å². The number of carbonyl (C=O) groups excluding carboxylic acids is 2. The van der Waals surface area contributed by atoms with Crippen molar-refractivity contribution in [2.75, 3.05) is 19.3 Å². The minimum absolute atomic E-state index is 0.167. The van der Waals surface area contributed by atoms with Gasteiger partial charge in [-0.3, -0.25) is 10.1 Å². The fourth-order valence-electron chi connectivity index (χ4n) is 4.70. The number of benzene rings is 2. The van der Waals surface area contributed by atoms with Gasteiger partial charge in [-0.1, -0.05) is 59.6 Å². The highest BCUT2D eigenvalue weighted by Gasteiger charge is 2.33. The highest BCUT2D eigenvalue weighted by atomic mass is 35.5. The zero-order chi connectivity index (χ0) is 28.6. The maximum atomic E-state index is 13.0. The number of amides is 2. The van der Waals surface area contributed by atoms with Gasteiger partial charge >= 0.3 is 11.9 Å². The summed E-state index contributed by atoms with van der Waals surface area (Å²) in [6.07, 6.45) is 9.45.